The van der Waals surface area contributed by atoms with Gasteiger partial charge >= 0.3 is 17.9 Å². The highest BCUT2D eigenvalue weighted by molar-refractivity contribution is 5.71. The van der Waals surface area contributed by atoms with Gasteiger partial charge in [0.25, 0.3) is 0 Å². The predicted molar refractivity (Wildman–Crippen MR) is 256 cm³/mol. The van der Waals surface area contributed by atoms with Crippen molar-refractivity contribution in [1.29, 1.82) is 0 Å². The molecule has 0 N–H and O–H groups in total. The van der Waals surface area contributed by atoms with E-state index in [1.165, 1.54) is 186 Å². The van der Waals surface area contributed by atoms with Crippen LogP contribution in [0.2, 0.25) is 0 Å². The lowest BCUT2D eigenvalue weighted by atomic mass is 9.99. The lowest BCUT2D eigenvalue weighted by molar-refractivity contribution is -0.167. The molecule has 0 saturated heterocycles. The van der Waals surface area contributed by atoms with Crippen molar-refractivity contribution >= 4 is 17.9 Å². The number of hydrogen-bond acceptors (Lipinski definition) is 6. The van der Waals surface area contributed by atoms with Gasteiger partial charge in [0.15, 0.2) is 6.10 Å². The Labute approximate surface area is 374 Å². The van der Waals surface area contributed by atoms with Gasteiger partial charge in [0, 0.05) is 19.3 Å². The van der Waals surface area contributed by atoms with E-state index in [0.29, 0.717) is 19.3 Å². The van der Waals surface area contributed by atoms with E-state index >= 15 is 0 Å². The minimum absolute atomic E-state index is 0.0635. The molecule has 2 atom stereocenters. The van der Waals surface area contributed by atoms with Crippen molar-refractivity contribution in [3.05, 3.63) is 0 Å². The first kappa shape index (κ1) is 58.4. The van der Waals surface area contributed by atoms with Crippen LogP contribution in [-0.4, -0.2) is 37.2 Å². The van der Waals surface area contributed by atoms with E-state index in [2.05, 4.69) is 34.6 Å². The topological polar surface area (TPSA) is 78.9 Å². The summed E-state index contributed by atoms with van der Waals surface area (Å²) in [4.78, 5) is 37.9. The molecule has 0 fully saturated rings. The zero-order chi connectivity index (χ0) is 44.0. The standard InChI is InChI=1S/C54H104O6/c1-6-8-9-10-11-22-31-36-41-46-54(57)60-51(48-59-53(56)45-40-35-30-26-21-17-16-18-23-27-32-37-42-49(3)4)47-58-52(55)44-39-34-29-25-20-15-13-12-14-19-24-28-33-38-43-50(5)7-2/h49-51H,6-48H2,1-5H3/t50?,51-/m0/s1. The zero-order valence-corrected chi connectivity index (χ0v) is 41.1. The Morgan fingerprint density at radius 3 is 0.950 bits per heavy atom. The fourth-order valence-electron chi connectivity index (χ4n) is 8.13. The Bertz CT molecular complexity index is 918. The molecular formula is C54H104O6. The summed E-state index contributed by atoms with van der Waals surface area (Å²) in [7, 11) is 0. The number of rotatable bonds is 48. The summed E-state index contributed by atoms with van der Waals surface area (Å²) in [6, 6.07) is 0. The van der Waals surface area contributed by atoms with Gasteiger partial charge in [-0.25, -0.2) is 0 Å². The maximum atomic E-state index is 12.7. The van der Waals surface area contributed by atoms with Crippen LogP contribution in [0, 0.1) is 11.8 Å². The molecule has 6 heteroatoms. The molecular weight excluding hydrogens is 745 g/mol. The van der Waals surface area contributed by atoms with Crippen molar-refractivity contribution in [3.8, 4) is 0 Å². The number of unbranched alkanes of at least 4 members (excludes halogenated alkanes) is 32. The van der Waals surface area contributed by atoms with Gasteiger partial charge in [0.2, 0.25) is 0 Å². The summed E-state index contributed by atoms with van der Waals surface area (Å²) in [5.74, 6) is 0.882. The number of ether oxygens (including phenoxy) is 3. The third-order valence-corrected chi connectivity index (χ3v) is 12.6. The summed E-state index contributed by atoms with van der Waals surface area (Å²) < 4.78 is 16.8. The summed E-state index contributed by atoms with van der Waals surface area (Å²) in [6.07, 6.45) is 48.0. The number of esters is 3. The normalized spacial score (nSPS) is 12.5. The number of hydrogen-bond donors (Lipinski definition) is 0. The van der Waals surface area contributed by atoms with Gasteiger partial charge in [-0.05, 0) is 31.1 Å². The third-order valence-electron chi connectivity index (χ3n) is 12.6. The van der Waals surface area contributed by atoms with E-state index < -0.39 is 6.10 Å². The second-order valence-electron chi connectivity index (χ2n) is 19.2. The fraction of sp³-hybridized carbons (Fsp3) is 0.944. The van der Waals surface area contributed by atoms with E-state index in [9.17, 15) is 14.4 Å². The molecule has 0 amide bonds. The largest absolute Gasteiger partial charge is 0.462 e. The van der Waals surface area contributed by atoms with Crippen molar-refractivity contribution in [2.45, 2.75) is 304 Å². The van der Waals surface area contributed by atoms with Crippen LogP contribution in [-0.2, 0) is 28.6 Å². The Kier molecular flexibility index (Phi) is 45.7. The molecule has 0 aliphatic heterocycles. The fourth-order valence-corrected chi connectivity index (χ4v) is 8.13. The average molecular weight is 849 g/mol. The number of carbonyl (C=O) groups is 3. The SMILES string of the molecule is CCCCCCCCCCCC(=O)O[C@@H](COC(=O)CCCCCCCCCCCCCCCCC(C)CC)COC(=O)CCCCCCCCCCCCCCC(C)C. The van der Waals surface area contributed by atoms with Gasteiger partial charge in [0.1, 0.15) is 13.2 Å². The van der Waals surface area contributed by atoms with Crippen LogP contribution in [0.5, 0.6) is 0 Å². The Morgan fingerprint density at radius 2 is 0.633 bits per heavy atom. The molecule has 356 valence electrons. The molecule has 0 aliphatic carbocycles. The second-order valence-corrected chi connectivity index (χ2v) is 19.2. The van der Waals surface area contributed by atoms with E-state index in [0.717, 1.165) is 69.6 Å². The van der Waals surface area contributed by atoms with Gasteiger partial charge in [-0.15, -0.1) is 0 Å². The lowest BCUT2D eigenvalue weighted by Gasteiger charge is -2.18. The zero-order valence-electron chi connectivity index (χ0n) is 41.1. The minimum atomic E-state index is -0.761. The van der Waals surface area contributed by atoms with Crippen molar-refractivity contribution < 1.29 is 28.6 Å². The van der Waals surface area contributed by atoms with Gasteiger partial charge in [-0.3, -0.25) is 14.4 Å². The smallest absolute Gasteiger partial charge is 0.306 e. The van der Waals surface area contributed by atoms with Crippen molar-refractivity contribution in [3.63, 3.8) is 0 Å². The molecule has 0 rings (SSSR count). The predicted octanol–water partition coefficient (Wildman–Crippen LogP) is 17.3. The monoisotopic (exact) mass is 849 g/mol. The van der Waals surface area contributed by atoms with Crippen LogP contribution < -0.4 is 0 Å². The summed E-state index contributed by atoms with van der Waals surface area (Å²) >= 11 is 0. The Balaban J connectivity index is 4.22. The van der Waals surface area contributed by atoms with Crippen LogP contribution in [0.3, 0.4) is 0 Å². The molecule has 0 aromatic heterocycles. The van der Waals surface area contributed by atoms with E-state index in [1.807, 2.05) is 0 Å². The molecule has 0 bridgehead atoms. The number of carbonyl (C=O) groups excluding carboxylic acids is 3. The minimum Gasteiger partial charge on any atom is -0.462 e. The highest BCUT2D eigenvalue weighted by atomic mass is 16.6. The van der Waals surface area contributed by atoms with Crippen LogP contribution in [0.25, 0.3) is 0 Å². The van der Waals surface area contributed by atoms with Crippen LogP contribution >= 0.6 is 0 Å². The summed E-state index contributed by atoms with van der Waals surface area (Å²) in [5.41, 5.74) is 0. The second kappa shape index (κ2) is 46.9. The highest BCUT2D eigenvalue weighted by Gasteiger charge is 2.19. The van der Waals surface area contributed by atoms with Crippen molar-refractivity contribution in [2.75, 3.05) is 13.2 Å². The van der Waals surface area contributed by atoms with Crippen LogP contribution in [0.1, 0.15) is 298 Å². The summed E-state index contributed by atoms with van der Waals surface area (Å²) in [5, 5.41) is 0. The van der Waals surface area contributed by atoms with E-state index in [4.69, 9.17) is 14.2 Å². The average Bonchev–Trinajstić information content (AvgIpc) is 3.23. The summed E-state index contributed by atoms with van der Waals surface area (Å²) in [6.45, 7) is 11.4. The van der Waals surface area contributed by atoms with Gasteiger partial charge in [0.05, 0.1) is 0 Å². The molecule has 0 aromatic rings. The Morgan fingerprint density at radius 1 is 0.350 bits per heavy atom. The van der Waals surface area contributed by atoms with Crippen molar-refractivity contribution in [2.24, 2.45) is 11.8 Å². The maximum absolute atomic E-state index is 12.7. The first-order chi connectivity index (χ1) is 29.3. The molecule has 0 heterocycles. The first-order valence-electron chi connectivity index (χ1n) is 26.8. The van der Waals surface area contributed by atoms with E-state index in [-0.39, 0.29) is 31.1 Å². The lowest BCUT2D eigenvalue weighted by Crippen LogP contribution is -2.30. The van der Waals surface area contributed by atoms with Crippen LogP contribution in [0.4, 0.5) is 0 Å². The van der Waals surface area contributed by atoms with E-state index in [1.54, 1.807) is 0 Å². The van der Waals surface area contributed by atoms with Gasteiger partial charge in [-0.1, -0.05) is 259 Å². The molecule has 60 heavy (non-hydrogen) atoms. The van der Waals surface area contributed by atoms with Crippen molar-refractivity contribution in [1.82, 2.24) is 0 Å². The van der Waals surface area contributed by atoms with Crippen LogP contribution in [0.15, 0.2) is 0 Å². The molecule has 0 radical (unpaired) electrons. The van der Waals surface area contributed by atoms with Gasteiger partial charge in [-0.2, -0.15) is 0 Å². The maximum Gasteiger partial charge on any atom is 0.306 e. The molecule has 0 saturated carbocycles. The Hall–Kier alpha value is -1.59. The molecule has 1 unspecified atom stereocenters. The molecule has 6 nitrogen and oxygen atoms in total. The molecule has 0 aliphatic rings. The van der Waals surface area contributed by atoms with Gasteiger partial charge < -0.3 is 14.2 Å². The quantitative estimate of drug-likeness (QED) is 0.0345. The highest BCUT2D eigenvalue weighted by Crippen LogP contribution is 2.18. The molecule has 0 aromatic carbocycles. The molecule has 0 spiro atoms. The third kappa shape index (κ3) is 45.9. The first-order valence-corrected chi connectivity index (χ1v) is 26.8.